The highest BCUT2D eigenvalue weighted by atomic mass is 16.2. The Morgan fingerprint density at radius 3 is 2.70 bits per heavy atom. The van der Waals surface area contributed by atoms with Crippen LogP contribution < -0.4 is 10.2 Å². The molecule has 0 spiro atoms. The van der Waals surface area contributed by atoms with Crippen LogP contribution >= 0.6 is 0 Å². The molecule has 1 fully saturated rings. The molecule has 0 saturated carbocycles. The third-order valence-electron chi connectivity index (χ3n) is 4.75. The summed E-state index contributed by atoms with van der Waals surface area (Å²) < 4.78 is 0. The van der Waals surface area contributed by atoms with Crippen molar-refractivity contribution in [3.05, 3.63) is 67.1 Å². The van der Waals surface area contributed by atoms with Crippen molar-refractivity contribution in [1.29, 1.82) is 0 Å². The van der Waals surface area contributed by atoms with Crippen LogP contribution in [-0.4, -0.2) is 33.9 Å². The van der Waals surface area contributed by atoms with E-state index in [1.807, 2.05) is 48.5 Å². The lowest BCUT2D eigenvalue weighted by Crippen LogP contribution is -2.41. The molecular weight excluding hydrogens is 338 g/mol. The van der Waals surface area contributed by atoms with Crippen molar-refractivity contribution >= 4 is 17.5 Å². The number of benzene rings is 1. The van der Waals surface area contributed by atoms with Crippen LogP contribution in [-0.2, 0) is 4.79 Å². The van der Waals surface area contributed by atoms with E-state index >= 15 is 0 Å². The van der Waals surface area contributed by atoms with E-state index in [-0.39, 0.29) is 11.8 Å². The zero-order valence-electron chi connectivity index (χ0n) is 15.0. The van der Waals surface area contributed by atoms with E-state index in [1.54, 1.807) is 18.6 Å². The summed E-state index contributed by atoms with van der Waals surface area (Å²) in [5.74, 6) is 1.37. The van der Waals surface area contributed by atoms with E-state index in [0.29, 0.717) is 12.4 Å². The summed E-state index contributed by atoms with van der Waals surface area (Å²) in [6, 6.07) is 17.5. The Kier molecular flexibility index (Phi) is 5.05. The van der Waals surface area contributed by atoms with Crippen LogP contribution in [0.1, 0.15) is 12.8 Å². The van der Waals surface area contributed by atoms with E-state index in [0.717, 1.165) is 36.5 Å². The normalized spacial score (nSPS) is 16.7. The first-order chi connectivity index (χ1) is 13.3. The van der Waals surface area contributed by atoms with E-state index in [1.165, 1.54) is 0 Å². The molecule has 1 aliphatic heterocycles. The van der Waals surface area contributed by atoms with E-state index in [9.17, 15) is 4.79 Å². The van der Waals surface area contributed by atoms with Crippen molar-refractivity contribution in [3.63, 3.8) is 0 Å². The molecule has 3 aromatic rings. The maximum Gasteiger partial charge on any atom is 0.230 e. The van der Waals surface area contributed by atoms with Crippen molar-refractivity contribution in [2.45, 2.75) is 12.8 Å². The smallest absolute Gasteiger partial charge is 0.230 e. The Balaban J connectivity index is 1.47. The van der Waals surface area contributed by atoms with Crippen LogP contribution in [0.15, 0.2) is 67.1 Å². The molecule has 27 heavy (non-hydrogen) atoms. The molecule has 0 aliphatic carbocycles. The predicted octanol–water partition coefficient (Wildman–Crippen LogP) is 3.39. The van der Waals surface area contributed by atoms with Crippen molar-refractivity contribution < 1.29 is 4.79 Å². The fourth-order valence-corrected chi connectivity index (χ4v) is 3.35. The summed E-state index contributed by atoms with van der Waals surface area (Å²) in [5, 5.41) is 2.91. The number of hydrogen-bond acceptors (Lipinski definition) is 5. The molecule has 0 bridgehead atoms. The largest absolute Gasteiger partial charge is 0.356 e. The summed E-state index contributed by atoms with van der Waals surface area (Å²) in [4.78, 5) is 27.8. The summed E-state index contributed by atoms with van der Waals surface area (Å²) in [5.41, 5.74) is 1.95. The SMILES string of the molecule is O=C(Nc1ccccn1)C1CCCN(c2cc(-c3ccccc3)ncn2)C1. The minimum Gasteiger partial charge on any atom is -0.356 e. The van der Waals surface area contributed by atoms with Gasteiger partial charge in [-0.05, 0) is 25.0 Å². The summed E-state index contributed by atoms with van der Waals surface area (Å²) in [6.45, 7) is 1.53. The Morgan fingerprint density at radius 2 is 1.89 bits per heavy atom. The number of anilines is 2. The minimum absolute atomic E-state index is 0.00994. The average Bonchev–Trinajstić information content (AvgIpc) is 2.75. The fourth-order valence-electron chi connectivity index (χ4n) is 3.35. The van der Waals surface area contributed by atoms with E-state index in [2.05, 4.69) is 25.2 Å². The highest BCUT2D eigenvalue weighted by Crippen LogP contribution is 2.25. The molecule has 1 atom stereocenters. The molecule has 4 rings (SSSR count). The van der Waals surface area contributed by atoms with Gasteiger partial charge in [-0.2, -0.15) is 0 Å². The van der Waals surface area contributed by atoms with E-state index < -0.39 is 0 Å². The number of carbonyl (C=O) groups is 1. The Morgan fingerprint density at radius 1 is 1.04 bits per heavy atom. The number of rotatable bonds is 4. The van der Waals surface area contributed by atoms with Gasteiger partial charge in [0.2, 0.25) is 5.91 Å². The third kappa shape index (κ3) is 4.11. The van der Waals surface area contributed by atoms with Crippen LogP contribution in [0.3, 0.4) is 0 Å². The zero-order valence-corrected chi connectivity index (χ0v) is 15.0. The van der Waals surface area contributed by atoms with Gasteiger partial charge in [0.25, 0.3) is 0 Å². The highest BCUT2D eigenvalue weighted by Gasteiger charge is 2.27. The number of hydrogen-bond donors (Lipinski definition) is 1. The molecule has 2 aromatic heterocycles. The first kappa shape index (κ1) is 17.1. The van der Waals surface area contributed by atoms with Gasteiger partial charge in [0.1, 0.15) is 18.0 Å². The summed E-state index contributed by atoms with van der Waals surface area (Å²) in [6.07, 6.45) is 5.08. The van der Waals surface area contributed by atoms with Crippen LogP contribution in [0, 0.1) is 5.92 Å². The van der Waals surface area contributed by atoms with Gasteiger partial charge in [0.05, 0.1) is 11.6 Å². The maximum absolute atomic E-state index is 12.6. The third-order valence-corrected chi connectivity index (χ3v) is 4.75. The Bertz CT molecular complexity index is 901. The van der Waals surface area contributed by atoms with E-state index in [4.69, 9.17) is 0 Å². The minimum atomic E-state index is -0.0871. The molecule has 6 nitrogen and oxygen atoms in total. The second-order valence-corrected chi connectivity index (χ2v) is 6.62. The van der Waals surface area contributed by atoms with Gasteiger partial charge < -0.3 is 10.2 Å². The van der Waals surface area contributed by atoms with Gasteiger partial charge in [0, 0.05) is 30.9 Å². The highest BCUT2D eigenvalue weighted by molar-refractivity contribution is 5.92. The van der Waals surface area contributed by atoms with Crippen molar-refractivity contribution in [3.8, 4) is 11.3 Å². The Hall–Kier alpha value is -3.28. The quantitative estimate of drug-likeness (QED) is 0.773. The number of aromatic nitrogens is 3. The number of piperidine rings is 1. The van der Waals surface area contributed by atoms with Gasteiger partial charge in [0.15, 0.2) is 0 Å². The first-order valence-corrected chi connectivity index (χ1v) is 9.14. The molecule has 3 heterocycles. The van der Waals surface area contributed by atoms with Crippen molar-refractivity contribution in [2.75, 3.05) is 23.3 Å². The molecule has 1 unspecified atom stereocenters. The predicted molar refractivity (Wildman–Crippen MR) is 105 cm³/mol. The molecule has 1 amide bonds. The van der Waals surface area contributed by atoms with Crippen LogP contribution in [0.2, 0.25) is 0 Å². The number of nitrogens with zero attached hydrogens (tertiary/aromatic N) is 4. The molecule has 0 radical (unpaired) electrons. The van der Waals surface area contributed by atoms with Crippen molar-refractivity contribution in [1.82, 2.24) is 15.0 Å². The van der Waals surface area contributed by atoms with Gasteiger partial charge in [-0.25, -0.2) is 15.0 Å². The lowest BCUT2D eigenvalue weighted by atomic mass is 9.97. The monoisotopic (exact) mass is 359 g/mol. The second kappa shape index (κ2) is 7.95. The molecule has 136 valence electrons. The molecule has 6 heteroatoms. The van der Waals surface area contributed by atoms with Gasteiger partial charge in [-0.1, -0.05) is 36.4 Å². The van der Waals surface area contributed by atoms with Crippen LogP contribution in [0.25, 0.3) is 11.3 Å². The lowest BCUT2D eigenvalue weighted by Gasteiger charge is -2.32. The standard InChI is InChI=1S/C21H21N5O/c27-21(25-19-10-4-5-11-22-19)17-9-6-12-26(14-17)20-13-18(23-15-24-20)16-7-2-1-3-8-16/h1-5,7-8,10-11,13,15,17H,6,9,12,14H2,(H,22,25,27). The van der Waals surface area contributed by atoms with Crippen LogP contribution in [0.5, 0.6) is 0 Å². The topological polar surface area (TPSA) is 71.0 Å². The van der Waals surface area contributed by atoms with Gasteiger partial charge in [-0.3, -0.25) is 4.79 Å². The lowest BCUT2D eigenvalue weighted by molar-refractivity contribution is -0.120. The number of pyridine rings is 1. The fraction of sp³-hybridized carbons (Fsp3) is 0.238. The number of carbonyl (C=O) groups excluding carboxylic acids is 1. The van der Waals surface area contributed by atoms with Crippen LogP contribution in [0.4, 0.5) is 11.6 Å². The summed E-state index contributed by atoms with van der Waals surface area (Å²) >= 11 is 0. The van der Waals surface area contributed by atoms with Crippen molar-refractivity contribution in [2.24, 2.45) is 5.92 Å². The van der Waals surface area contributed by atoms with Gasteiger partial charge in [-0.15, -0.1) is 0 Å². The second-order valence-electron chi connectivity index (χ2n) is 6.62. The summed E-state index contributed by atoms with van der Waals surface area (Å²) in [7, 11) is 0. The van der Waals surface area contributed by atoms with Gasteiger partial charge >= 0.3 is 0 Å². The average molecular weight is 359 g/mol. The number of amides is 1. The number of nitrogens with one attached hydrogen (secondary N) is 1. The molecule has 1 aromatic carbocycles. The Labute approximate surface area is 158 Å². The first-order valence-electron chi connectivity index (χ1n) is 9.14. The zero-order chi connectivity index (χ0) is 18.5. The molecule has 1 N–H and O–H groups in total. The molecule has 1 saturated heterocycles. The maximum atomic E-state index is 12.6. The molecule has 1 aliphatic rings. The molecular formula is C21H21N5O.